The van der Waals surface area contributed by atoms with E-state index < -0.39 is 0 Å². The molecule has 2 nitrogen and oxygen atoms in total. The van der Waals surface area contributed by atoms with Gasteiger partial charge in [-0.3, -0.25) is 0 Å². The molecule has 0 amide bonds. The van der Waals surface area contributed by atoms with Crippen LogP contribution in [0.2, 0.25) is 0 Å². The van der Waals surface area contributed by atoms with Gasteiger partial charge in [-0.25, -0.2) is 0 Å². The molecule has 2 aliphatic rings. The van der Waals surface area contributed by atoms with Crippen LogP contribution in [0.4, 0.5) is 0 Å². The molecule has 0 bridgehead atoms. The first-order chi connectivity index (χ1) is 7.45. The fourth-order valence-corrected chi connectivity index (χ4v) is 2.88. The van der Waals surface area contributed by atoms with Crippen molar-refractivity contribution in [2.45, 2.75) is 38.1 Å². The summed E-state index contributed by atoms with van der Waals surface area (Å²) >= 11 is 0. The topological polar surface area (TPSA) is 6.89 Å². The average molecular weight is 203 g/mol. The van der Waals surface area contributed by atoms with E-state index in [0.29, 0.717) is 0 Å². The summed E-state index contributed by atoms with van der Waals surface area (Å²) in [5, 5.41) is 2.48. The monoisotopic (exact) mass is 203 g/mol. The highest BCUT2D eigenvalue weighted by Gasteiger charge is 2.46. The van der Waals surface area contributed by atoms with Crippen LogP contribution in [0.3, 0.4) is 0 Å². The van der Waals surface area contributed by atoms with Crippen molar-refractivity contribution < 1.29 is 4.68 Å². The van der Waals surface area contributed by atoms with Gasteiger partial charge in [-0.05, 0) is 18.8 Å². The van der Waals surface area contributed by atoms with Crippen LogP contribution < -0.4 is 9.69 Å². The number of hydrogen-bond acceptors (Lipinski definition) is 1. The van der Waals surface area contributed by atoms with E-state index in [4.69, 9.17) is 0 Å². The molecule has 2 heterocycles. The Labute approximate surface area is 91.5 Å². The van der Waals surface area contributed by atoms with E-state index in [1.807, 2.05) is 0 Å². The summed E-state index contributed by atoms with van der Waals surface area (Å²) in [6.07, 6.45) is 11.6. The molecule has 0 radical (unpaired) electrons. The van der Waals surface area contributed by atoms with Gasteiger partial charge in [-0.2, -0.15) is 5.01 Å². The quantitative estimate of drug-likeness (QED) is 0.525. The summed E-state index contributed by atoms with van der Waals surface area (Å²) < 4.78 is 2.25. The third-order valence-electron chi connectivity index (χ3n) is 3.81. The molecule has 1 saturated heterocycles. The third-order valence-corrected chi connectivity index (χ3v) is 3.81. The number of nitrogens with zero attached hydrogens (tertiary/aromatic N) is 2. The van der Waals surface area contributed by atoms with Gasteiger partial charge in [-0.15, -0.1) is 0 Å². The molecular weight excluding hydrogens is 184 g/mol. The van der Waals surface area contributed by atoms with Crippen molar-refractivity contribution in [1.82, 2.24) is 0 Å². The van der Waals surface area contributed by atoms with Crippen LogP contribution in [0.15, 0.2) is 30.6 Å². The zero-order valence-corrected chi connectivity index (χ0v) is 9.18. The lowest BCUT2D eigenvalue weighted by Crippen LogP contribution is -2.46. The lowest BCUT2D eigenvalue weighted by molar-refractivity contribution is -0.677. The molecule has 15 heavy (non-hydrogen) atoms. The fourth-order valence-electron chi connectivity index (χ4n) is 2.88. The molecule has 2 heteroatoms. The van der Waals surface area contributed by atoms with Gasteiger partial charge in [0.05, 0.1) is 6.54 Å². The first-order valence-corrected chi connectivity index (χ1v) is 6.18. The van der Waals surface area contributed by atoms with Gasteiger partial charge >= 0.3 is 0 Å². The molecule has 0 aromatic carbocycles. The lowest BCUT2D eigenvalue weighted by Gasteiger charge is -2.19. The molecule has 1 aliphatic heterocycles. The van der Waals surface area contributed by atoms with Crippen LogP contribution >= 0.6 is 0 Å². The standard InChI is InChI=1S/C13H19N2/c1-3-7-12(8-4-1)13-11-15(13)14-9-5-2-6-10-14/h2,5-6,9-10,12-13H,1,3-4,7-8,11H2/q+1. The van der Waals surface area contributed by atoms with Crippen molar-refractivity contribution in [2.24, 2.45) is 5.92 Å². The normalized spacial score (nSPS) is 26.7. The van der Waals surface area contributed by atoms with E-state index in [0.717, 1.165) is 12.0 Å². The van der Waals surface area contributed by atoms with Crippen molar-refractivity contribution in [1.29, 1.82) is 0 Å². The molecule has 3 rings (SSSR count). The second-order valence-corrected chi connectivity index (χ2v) is 4.84. The summed E-state index contributed by atoms with van der Waals surface area (Å²) in [6, 6.07) is 7.12. The Morgan fingerprint density at radius 1 is 0.933 bits per heavy atom. The molecule has 1 saturated carbocycles. The van der Waals surface area contributed by atoms with Crippen molar-refractivity contribution in [3.63, 3.8) is 0 Å². The first kappa shape index (κ1) is 9.20. The maximum absolute atomic E-state index is 2.48. The van der Waals surface area contributed by atoms with E-state index in [-0.39, 0.29) is 0 Å². The number of rotatable bonds is 2. The summed E-state index contributed by atoms with van der Waals surface area (Å²) in [5.74, 6) is 0.964. The minimum atomic E-state index is 0.831. The highest BCUT2D eigenvalue weighted by Crippen LogP contribution is 2.33. The Morgan fingerprint density at radius 2 is 1.67 bits per heavy atom. The van der Waals surface area contributed by atoms with Gasteiger partial charge in [0.2, 0.25) is 0 Å². The highest BCUT2D eigenvalue weighted by atomic mass is 15.6. The lowest BCUT2D eigenvalue weighted by atomic mass is 9.87. The Hall–Kier alpha value is -1.05. The number of hydrogen-bond donors (Lipinski definition) is 0. The minimum Gasteiger partial charge on any atom is -0.173 e. The van der Waals surface area contributed by atoms with Crippen LogP contribution in [0.5, 0.6) is 0 Å². The summed E-state index contributed by atoms with van der Waals surface area (Å²) in [4.78, 5) is 0. The molecule has 80 valence electrons. The Bertz CT molecular complexity index is 317. The van der Waals surface area contributed by atoms with E-state index in [2.05, 4.69) is 40.3 Å². The predicted molar refractivity (Wildman–Crippen MR) is 60.1 cm³/mol. The van der Waals surface area contributed by atoms with Gasteiger partial charge in [0.15, 0.2) is 12.4 Å². The summed E-state index contributed by atoms with van der Waals surface area (Å²) in [5.41, 5.74) is 0. The largest absolute Gasteiger partial charge is 0.199 e. The summed E-state index contributed by atoms with van der Waals surface area (Å²) in [6.45, 7) is 1.26. The molecule has 0 spiro atoms. The van der Waals surface area contributed by atoms with Crippen LogP contribution in [0, 0.1) is 5.92 Å². The number of pyridine rings is 1. The summed E-state index contributed by atoms with van der Waals surface area (Å²) in [7, 11) is 0. The molecule has 1 aliphatic carbocycles. The highest BCUT2D eigenvalue weighted by molar-refractivity contribution is 5.08. The SMILES string of the molecule is c1cc[n+](N2CC2C2CCCCC2)cc1. The second-order valence-electron chi connectivity index (χ2n) is 4.84. The van der Waals surface area contributed by atoms with Crippen LogP contribution in [-0.4, -0.2) is 12.6 Å². The van der Waals surface area contributed by atoms with Crippen molar-refractivity contribution in [2.75, 3.05) is 11.6 Å². The fraction of sp³-hybridized carbons (Fsp3) is 0.615. The van der Waals surface area contributed by atoms with E-state index in [1.165, 1.54) is 38.6 Å². The van der Waals surface area contributed by atoms with Crippen LogP contribution in [-0.2, 0) is 0 Å². The molecule has 1 aromatic heterocycles. The predicted octanol–water partition coefficient (Wildman–Crippen LogP) is 1.87. The van der Waals surface area contributed by atoms with E-state index in [9.17, 15) is 0 Å². The Morgan fingerprint density at radius 3 is 2.40 bits per heavy atom. The zero-order valence-electron chi connectivity index (χ0n) is 9.18. The average Bonchev–Trinajstić information content (AvgIpc) is 3.11. The van der Waals surface area contributed by atoms with Crippen LogP contribution in [0.25, 0.3) is 0 Å². The smallest absolute Gasteiger partial charge is 0.173 e. The zero-order chi connectivity index (χ0) is 10.1. The van der Waals surface area contributed by atoms with Gasteiger partial charge < -0.3 is 0 Å². The van der Waals surface area contributed by atoms with Gasteiger partial charge in [0.1, 0.15) is 6.04 Å². The van der Waals surface area contributed by atoms with Crippen molar-refractivity contribution >= 4 is 0 Å². The molecule has 0 N–H and O–H groups in total. The van der Waals surface area contributed by atoms with Gasteiger partial charge in [-0.1, -0.05) is 30.0 Å². The van der Waals surface area contributed by atoms with E-state index in [1.54, 1.807) is 0 Å². The molecule has 1 atom stereocenters. The molecular formula is C13H19N2+. The Balaban J connectivity index is 1.64. The minimum absolute atomic E-state index is 0.831. The van der Waals surface area contributed by atoms with Gasteiger partial charge in [0.25, 0.3) is 0 Å². The van der Waals surface area contributed by atoms with Crippen LogP contribution in [0.1, 0.15) is 32.1 Å². The number of aromatic nitrogens is 1. The first-order valence-electron chi connectivity index (χ1n) is 6.18. The molecule has 2 fully saturated rings. The van der Waals surface area contributed by atoms with E-state index >= 15 is 0 Å². The third kappa shape index (κ3) is 1.85. The van der Waals surface area contributed by atoms with Crippen molar-refractivity contribution in [3.05, 3.63) is 30.6 Å². The molecule has 1 aromatic rings. The Kier molecular flexibility index (Phi) is 2.35. The molecule has 1 unspecified atom stereocenters. The van der Waals surface area contributed by atoms with Gasteiger partial charge in [0, 0.05) is 12.1 Å². The second kappa shape index (κ2) is 3.84. The van der Waals surface area contributed by atoms with Crippen molar-refractivity contribution in [3.8, 4) is 0 Å². The maximum Gasteiger partial charge on any atom is 0.199 e. The maximum atomic E-state index is 2.48.